The average Bonchev–Trinajstić information content (AvgIpc) is 2.58. The van der Waals surface area contributed by atoms with Gasteiger partial charge in [0.15, 0.2) is 0 Å². The van der Waals surface area contributed by atoms with Crippen molar-refractivity contribution in [2.24, 2.45) is 0 Å². The number of amides is 1. The van der Waals surface area contributed by atoms with Crippen LogP contribution in [0.2, 0.25) is 0 Å². The molecule has 22 heavy (non-hydrogen) atoms. The van der Waals surface area contributed by atoms with Crippen LogP contribution in [-0.4, -0.2) is 30.1 Å². The third-order valence-corrected chi connectivity index (χ3v) is 2.99. The van der Waals surface area contributed by atoms with Crippen LogP contribution < -0.4 is 4.74 Å². The normalized spacial score (nSPS) is 10.6. The second kappa shape index (κ2) is 7.95. The van der Waals surface area contributed by atoms with Gasteiger partial charge in [0.05, 0.1) is 13.3 Å². The molecule has 0 aliphatic carbocycles. The summed E-state index contributed by atoms with van der Waals surface area (Å²) in [5, 5.41) is 1.14. The van der Waals surface area contributed by atoms with E-state index in [0.717, 1.165) is 16.2 Å². The Kier molecular flexibility index (Phi) is 5.68. The SMILES string of the molecule is CON(C)C(=O)C=Cc1cncc(OCc2ccccc2)c1. The monoisotopic (exact) mass is 298 g/mol. The summed E-state index contributed by atoms with van der Waals surface area (Å²) in [6.45, 7) is 0.473. The van der Waals surface area contributed by atoms with Crippen LogP contribution in [-0.2, 0) is 16.2 Å². The molecule has 5 heteroatoms. The molecule has 2 rings (SSSR count). The van der Waals surface area contributed by atoms with Gasteiger partial charge in [-0.05, 0) is 23.3 Å². The number of likely N-dealkylation sites (N-methyl/N-ethyl adjacent to an activating group) is 1. The number of hydroxylamine groups is 2. The molecule has 1 aromatic heterocycles. The molecule has 0 saturated heterocycles. The van der Waals surface area contributed by atoms with Crippen LogP contribution in [0.15, 0.2) is 54.9 Å². The summed E-state index contributed by atoms with van der Waals surface area (Å²) in [4.78, 5) is 20.5. The zero-order chi connectivity index (χ0) is 15.8. The van der Waals surface area contributed by atoms with Crippen molar-refractivity contribution in [1.82, 2.24) is 10.0 Å². The van der Waals surface area contributed by atoms with Gasteiger partial charge in [0.2, 0.25) is 0 Å². The maximum absolute atomic E-state index is 11.6. The summed E-state index contributed by atoms with van der Waals surface area (Å²) in [5.41, 5.74) is 1.86. The van der Waals surface area contributed by atoms with E-state index in [2.05, 4.69) is 4.98 Å². The first-order valence-electron chi connectivity index (χ1n) is 6.80. The van der Waals surface area contributed by atoms with E-state index in [9.17, 15) is 4.79 Å². The van der Waals surface area contributed by atoms with E-state index in [1.165, 1.54) is 13.2 Å². The Labute approximate surface area is 129 Å². The van der Waals surface area contributed by atoms with Gasteiger partial charge in [-0.15, -0.1) is 0 Å². The van der Waals surface area contributed by atoms with Crippen LogP contribution in [0.25, 0.3) is 6.08 Å². The van der Waals surface area contributed by atoms with E-state index in [4.69, 9.17) is 9.57 Å². The summed E-state index contributed by atoms with van der Waals surface area (Å²) in [5.74, 6) is 0.400. The lowest BCUT2D eigenvalue weighted by atomic mass is 10.2. The first kappa shape index (κ1) is 15.7. The first-order chi connectivity index (χ1) is 10.7. The van der Waals surface area contributed by atoms with Gasteiger partial charge in [0.25, 0.3) is 5.91 Å². The van der Waals surface area contributed by atoms with E-state index in [1.807, 2.05) is 36.4 Å². The Hall–Kier alpha value is -2.66. The molecule has 0 fully saturated rings. The van der Waals surface area contributed by atoms with Crippen LogP contribution >= 0.6 is 0 Å². The van der Waals surface area contributed by atoms with Gasteiger partial charge >= 0.3 is 0 Å². The second-order valence-corrected chi connectivity index (χ2v) is 4.58. The van der Waals surface area contributed by atoms with Crippen molar-refractivity contribution in [1.29, 1.82) is 0 Å². The molecule has 0 aliphatic heterocycles. The van der Waals surface area contributed by atoms with Crippen molar-refractivity contribution in [2.45, 2.75) is 6.61 Å². The molecule has 0 unspecified atom stereocenters. The highest BCUT2D eigenvalue weighted by atomic mass is 16.7. The fraction of sp³-hybridized carbons (Fsp3) is 0.176. The van der Waals surface area contributed by atoms with Crippen LogP contribution in [0.5, 0.6) is 5.75 Å². The van der Waals surface area contributed by atoms with Crippen LogP contribution in [0.4, 0.5) is 0 Å². The maximum Gasteiger partial charge on any atom is 0.269 e. The predicted molar refractivity (Wildman–Crippen MR) is 83.8 cm³/mol. The molecule has 1 amide bonds. The zero-order valence-corrected chi connectivity index (χ0v) is 12.6. The number of aromatic nitrogens is 1. The fourth-order valence-electron chi connectivity index (χ4n) is 1.71. The predicted octanol–water partition coefficient (Wildman–Crippen LogP) is 2.69. The third-order valence-electron chi connectivity index (χ3n) is 2.99. The van der Waals surface area contributed by atoms with Crippen molar-refractivity contribution in [3.05, 3.63) is 66.0 Å². The highest BCUT2D eigenvalue weighted by molar-refractivity contribution is 5.90. The molecule has 1 aromatic carbocycles. The second-order valence-electron chi connectivity index (χ2n) is 4.58. The van der Waals surface area contributed by atoms with Gasteiger partial charge in [-0.25, -0.2) is 5.06 Å². The molecular formula is C17H18N2O3. The number of ether oxygens (including phenoxy) is 1. The Morgan fingerprint density at radius 1 is 1.27 bits per heavy atom. The largest absolute Gasteiger partial charge is 0.487 e. The van der Waals surface area contributed by atoms with Gasteiger partial charge in [-0.1, -0.05) is 30.3 Å². The minimum absolute atomic E-state index is 0.252. The highest BCUT2D eigenvalue weighted by Crippen LogP contribution is 2.14. The van der Waals surface area contributed by atoms with Gasteiger partial charge in [0.1, 0.15) is 12.4 Å². The molecule has 0 saturated carbocycles. The number of carbonyl (C=O) groups excluding carboxylic acids is 1. The summed E-state index contributed by atoms with van der Waals surface area (Å²) in [7, 11) is 2.98. The van der Waals surface area contributed by atoms with E-state index < -0.39 is 0 Å². The zero-order valence-electron chi connectivity index (χ0n) is 12.6. The Morgan fingerprint density at radius 2 is 2.05 bits per heavy atom. The van der Waals surface area contributed by atoms with Crippen LogP contribution in [0.1, 0.15) is 11.1 Å². The van der Waals surface area contributed by atoms with Gasteiger partial charge in [-0.3, -0.25) is 14.6 Å². The number of carbonyl (C=O) groups is 1. The molecule has 114 valence electrons. The summed E-state index contributed by atoms with van der Waals surface area (Å²) < 4.78 is 5.69. The summed E-state index contributed by atoms with van der Waals surface area (Å²) >= 11 is 0. The van der Waals surface area contributed by atoms with Crippen molar-refractivity contribution >= 4 is 12.0 Å². The molecule has 0 atom stereocenters. The number of rotatable bonds is 6. The fourth-order valence-corrected chi connectivity index (χ4v) is 1.71. The molecule has 0 bridgehead atoms. The van der Waals surface area contributed by atoms with Crippen LogP contribution in [0, 0.1) is 0 Å². The minimum atomic E-state index is -0.252. The van der Waals surface area contributed by atoms with Crippen molar-refractivity contribution in [2.75, 3.05) is 14.2 Å². The molecule has 5 nitrogen and oxygen atoms in total. The number of nitrogens with zero attached hydrogens (tertiary/aromatic N) is 2. The Morgan fingerprint density at radius 3 is 2.77 bits per heavy atom. The average molecular weight is 298 g/mol. The number of hydrogen-bond acceptors (Lipinski definition) is 4. The van der Waals surface area contributed by atoms with Gasteiger partial charge in [0, 0.05) is 19.3 Å². The van der Waals surface area contributed by atoms with E-state index in [0.29, 0.717) is 12.4 Å². The lowest BCUT2D eigenvalue weighted by Gasteiger charge is -2.10. The van der Waals surface area contributed by atoms with Crippen molar-refractivity contribution < 1.29 is 14.4 Å². The van der Waals surface area contributed by atoms with E-state index in [-0.39, 0.29) is 5.91 Å². The Balaban J connectivity index is 1.98. The molecule has 0 aliphatic rings. The van der Waals surface area contributed by atoms with Crippen molar-refractivity contribution in [3.8, 4) is 5.75 Å². The Bertz CT molecular complexity index is 641. The van der Waals surface area contributed by atoms with Crippen molar-refractivity contribution in [3.63, 3.8) is 0 Å². The molecule has 1 heterocycles. The topological polar surface area (TPSA) is 51.7 Å². The van der Waals surface area contributed by atoms with E-state index in [1.54, 1.807) is 25.5 Å². The lowest BCUT2D eigenvalue weighted by Crippen LogP contribution is -2.22. The molecule has 0 spiro atoms. The number of pyridine rings is 1. The lowest BCUT2D eigenvalue weighted by molar-refractivity contribution is -0.162. The number of benzene rings is 1. The van der Waals surface area contributed by atoms with E-state index >= 15 is 0 Å². The smallest absolute Gasteiger partial charge is 0.269 e. The van der Waals surface area contributed by atoms with Gasteiger partial charge < -0.3 is 4.74 Å². The molecule has 0 N–H and O–H groups in total. The van der Waals surface area contributed by atoms with Crippen LogP contribution in [0.3, 0.4) is 0 Å². The number of hydrogen-bond donors (Lipinski definition) is 0. The highest BCUT2D eigenvalue weighted by Gasteiger charge is 2.02. The third kappa shape index (κ3) is 4.71. The summed E-state index contributed by atoms with van der Waals surface area (Å²) in [6.07, 6.45) is 6.39. The maximum atomic E-state index is 11.6. The first-order valence-corrected chi connectivity index (χ1v) is 6.80. The molecule has 0 radical (unpaired) electrons. The summed E-state index contributed by atoms with van der Waals surface area (Å²) in [6, 6.07) is 11.7. The van der Waals surface area contributed by atoms with Gasteiger partial charge in [-0.2, -0.15) is 0 Å². The molecule has 2 aromatic rings. The quantitative estimate of drug-likeness (QED) is 0.608. The molecular weight excluding hydrogens is 280 g/mol. The minimum Gasteiger partial charge on any atom is -0.487 e. The standard InChI is InChI=1S/C17H18N2O3/c1-19(21-2)17(20)9-8-15-10-16(12-18-11-15)22-13-14-6-4-3-5-7-14/h3-12H,13H2,1-2H3.